The van der Waals surface area contributed by atoms with Crippen LogP contribution in [0.4, 0.5) is 0 Å². The summed E-state index contributed by atoms with van der Waals surface area (Å²) in [5, 5.41) is 0. The number of amides is 1. The van der Waals surface area contributed by atoms with Crippen LogP contribution in [0.1, 0.15) is 36.2 Å². The van der Waals surface area contributed by atoms with Crippen molar-refractivity contribution < 1.29 is 4.79 Å². The number of carbonyl (C=O) groups is 1. The molecule has 5 heteroatoms. The van der Waals surface area contributed by atoms with Crippen molar-refractivity contribution >= 4 is 5.91 Å². The predicted molar refractivity (Wildman–Crippen MR) is 58.3 cm³/mol. The van der Waals surface area contributed by atoms with Gasteiger partial charge in [-0.15, -0.1) is 0 Å². The molecule has 0 aliphatic rings. The van der Waals surface area contributed by atoms with Crippen LogP contribution in [0.2, 0.25) is 0 Å². The van der Waals surface area contributed by atoms with E-state index in [9.17, 15) is 4.79 Å². The van der Waals surface area contributed by atoms with Crippen LogP contribution in [-0.4, -0.2) is 22.0 Å². The van der Waals surface area contributed by atoms with Crippen molar-refractivity contribution in [3.63, 3.8) is 0 Å². The van der Waals surface area contributed by atoms with Gasteiger partial charge >= 0.3 is 0 Å². The maximum Gasteiger partial charge on any atom is 0.268 e. The summed E-state index contributed by atoms with van der Waals surface area (Å²) in [6, 6.07) is 0. The van der Waals surface area contributed by atoms with Gasteiger partial charge in [0, 0.05) is 12.7 Å². The quantitative estimate of drug-likeness (QED) is 0.642. The second-order valence-corrected chi connectivity index (χ2v) is 3.56. The Kier molecular flexibility index (Phi) is 4.83. The summed E-state index contributed by atoms with van der Waals surface area (Å²) in [4.78, 5) is 14.7. The molecular formula is C10H18N4O. The molecule has 15 heavy (non-hydrogen) atoms. The van der Waals surface area contributed by atoms with E-state index in [1.807, 2.05) is 4.57 Å². The molecule has 0 fully saturated rings. The zero-order valence-electron chi connectivity index (χ0n) is 8.85. The third kappa shape index (κ3) is 4.12. The molecule has 1 rings (SSSR count). The Morgan fingerprint density at radius 1 is 1.33 bits per heavy atom. The first kappa shape index (κ1) is 11.7. The molecular weight excluding hydrogens is 192 g/mol. The molecule has 1 aromatic heterocycles. The number of aryl methyl sites for hydroxylation is 1. The third-order valence-corrected chi connectivity index (χ3v) is 2.26. The van der Waals surface area contributed by atoms with Crippen LogP contribution in [-0.2, 0) is 6.54 Å². The Balaban J connectivity index is 2.23. The van der Waals surface area contributed by atoms with Crippen LogP contribution >= 0.6 is 0 Å². The summed E-state index contributed by atoms with van der Waals surface area (Å²) in [6.07, 6.45) is 7.80. The monoisotopic (exact) mass is 210 g/mol. The van der Waals surface area contributed by atoms with E-state index in [0.29, 0.717) is 5.69 Å². The minimum atomic E-state index is -0.475. The summed E-state index contributed by atoms with van der Waals surface area (Å²) in [6.45, 7) is 1.64. The number of hydrogen-bond acceptors (Lipinski definition) is 3. The van der Waals surface area contributed by atoms with Gasteiger partial charge in [-0.25, -0.2) is 4.98 Å². The largest absolute Gasteiger partial charge is 0.364 e. The minimum absolute atomic E-state index is 0.331. The topological polar surface area (TPSA) is 86.9 Å². The number of hydrogen-bond donors (Lipinski definition) is 2. The van der Waals surface area contributed by atoms with Gasteiger partial charge < -0.3 is 16.0 Å². The molecule has 4 N–H and O–H groups in total. The molecule has 0 atom stereocenters. The molecule has 1 amide bonds. The Labute approximate surface area is 89.5 Å². The van der Waals surface area contributed by atoms with Gasteiger partial charge in [0.05, 0.1) is 6.33 Å². The Morgan fingerprint density at radius 2 is 2.07 bits per heavy atom. The molecule has 0 aliphatic heterocycles. The first-order chi connectivity index (χ1) is 7.24. The van der Waals surface area contributed by atoms with E-state index in [4.69, 9.17) is 11.5 Å². The molecule has 0 radical (unpaired) electrons. The van der Waals surface area contributed by atoms with Crippen molar-refractivity contribution in [2.45, 2.75) is 32.2 Å². The number of nitrogens with two attached hydrogens (primary N) is 2. The van der Waals surface area contributed by atoms with E-state index in [2.05, 4.69) is 4.98 Å². The van der Waals surface area contributed by atoms with E-state index in [-0.39, 0.29) is 0 Å². The molecule has 0 aliphatic carbocycles. The molecule has 0 spiro atoms. The van der Waals surface area contributed by atoms with Gasteiger partial charge in [0.15, 0.2) is 0 Å². The second-order valence-electron chi connectivity index (χ2n) is 3.56. The molecule has 0 bridgehead atoms. The Bertz CT molecular complexity index is 308. The van der Waals surface area contributed by atoms with Gasteiger partial charge in [-0.1, -0.05) is 12.8 Å². The molecule has 0 unspecified atom stereocenters. The highest BCUT2D eigenvalue weighted by Gasteiger charge is 2.03. The zero-order valence-corrected chi connectivity index (χ0v) is 8.85. The van der Waals surface area contributed by atoms with E-state index < -0.39 is 5.91 Å². The highest BCUT2D eigenvalue weighted by Crippen LogP contribution is 2.02. The molecule has 0 saturated carbocycles. The standard InChI is InChI=1S/C10H18N4O/c11-5-3-1-2-4-6-14-7-9(10(12)15)13-8-14/h7-8H,1-6,11H2,(H2,12,15). The summed E-state index contributed by atoms with van der Waals surface area (Å²) in [5.41, 5.74) is 10.8. The molecule has 0 saturated heterocycles. The van der Waals surface area contributed by atoms with Crippen molar-refractivity contribution in [1.29, 1.82) is 0 Å². The van der Waals surface area contributed by atoms with E-state index in [0.717, 1.165) is 38.8 Å². The van der Waals surface area contributed by atoms with Gasteiger partial charge in [0.2, 0.25) is 0 Å². The van der Waals surface area contributed by atoms with Crippen molar-refractivity contribution in [2.75, 3.05) is 6.54 Å². The molecule has 1 heterocycles. The van der Waals surface area contributed by atoms with Gasteiger partial charge in [-0.2, -0.15) is 0 Å². The Hall–Kier alpha value is -1.36. The third-order valence-electron chi connectivity index (χ3n) is 2.26. The summed E-state index contributed by atoms with van der Waals surface area (Å²) in [7, 11) is 0. The molecule has 84 valence electrons. The first-order valence-electron chi connectivity index (χ1n) is 5.25. The van der Waals surface area contributed by atoms with Crippen LogP contribution < -0.4 is 11.5 Å². The number of nitrogens with zero attached hydrogens (tertiary/aromatic N) is 2. The van der Waals surface area contributed by atoms with Crippen molar-refractivity contribution in [3.05, 3.63) is 18.2 Å². The molecule has 0 aromatic carbocycles. The van der Waals surface area contributed by atoms with Crippen LogP contribution in [0.25, 0.3) is 0 Å². The maximum atomic E-state index is 10.8. The van der Waals surface area contributed by atoms with Gasteiger partial charge in [-0.3, -0.25) is 4.79 Å². The number of imidazole rings is 1. The second kappa shape index (κ2) is 6.19. The summed E-state index contributed by atoms with van der Waals surface area (Å²) in [5.74, 6) is -0.475. The van der Waals surface area contributed by atoms with Crippen LogP contribution in [0.5, 0.6) is 0 Å². The average Bonchev–Trinajstić information content (AvgIpc) is 2.66. The van der Waals surface area contributed by atoms with E-state index in [1.165, 1.54) is 0 Å². The first-order valence-corrected chi connectivity index (χ1v) is 5.25. The van der Waals surface area contributed by atoms with Crippen LogP contribution in [0, 0.1) is 0 Å². The lowest BCUT2D eigenvalue weighted by atomic mass is 10.2. The lowest BCUT2D eigenvalue weighted by molar-refractivity contribution is 0.0996. The van der Waals surface area contributed by atoms with Gasteiger partial charge in [-0.05, 0) is 19.4 Å². The minimum Gasteiger partial charge on any atom is -0.364 e. The average molecular weight is 210 g/mol. The molecule has 1 aromatic rings. The fourth-order valence-corrected chi connectivity index (χ4v) is 1.40. The SMILES string of the molecule is NCCCCCCn1cnc(C(N)=O)c1. The fourth-order valence-electron chi connectivity index (χ4n) is 1.40. The van der Waals surface area contributed by atoms with Crippen molar-refractivity contribution in [2.24, 2.45) is 11.5 Å². The van der Waals surface area contributed by atoms with Crippen LogP contribution in [0.15, 0.2) is 12.5 Å². The maximum absolute atomic E-state index is 10.8. The Morgan fingerprint density at radius 3 is 2.67 bits per heavy atom. The lowest BCUT2D eigenvalue weighted by Crippen LogP contribution is -2.11. The summed E-state index contributed by atoms with van der Waals surface area (Å²) < 4.78 is 1.89. The number of rotatable bonds is 7. The molecule has 5 nitrogen and oxygen atoms in total. The predicted octanol–water partition coefficient (Wildman–Crippen LogP) is 0.501. The number of unbranched alkanes of at least 4 members (excludes halogenated alkanes) is 3. The number of aromatic nitrogens is 2. The summed E-state index contributed by atoms with van der Waals surface area (Å²) >= 11 is 0. The van der Waals surface area contributed by atoms with E-state index in [1.54, 1.807) is 12.5 Å². The smallest absolute Gasteiger partial charge is 0.268 e. The van der Waals surface area contributed by atoms with Crippen LogP contribution in [0.3, 0.4) is 0 Å². The fraction of sp³-hybridized carbons (Fsp3) is 0.600. The lowest BCUT2D eigenvalue weighted by Gasteiger charge is -2.01. The van der Waals surface area contributed by atoms with Crippen molar-refractivity contribution in [1.82, 2.24) is 9.55 Å². The number of primary amides is 1. The van der Waals surface area contributed by atoms with Gasteiger partial charge in [0.25, 0.3) is 5.91 Å². The number of carbonyl (C=O) groups excluding carboxylic acids is 1. The van der Waals surface area contributed by atoms with Gasteiger partial charge in [0.1, 0.15) is 5.69 Å². The zero-order chi connectivity index (χ0) is 11.1. The normalized spacial score (nSPS) is 10.5. The highest BCUT2D eigenvalue weighted by molar-refractivity contribution is 5.90. The van der Waals surface area contributed by atoms with E-state index >= 15 is 0 Å². The van der Waals surface area contributed by atoms with Crippen molar-refractivity contribution in [3.8, 4) is 0 Å². The highest BCUT2D eigenvalue weighted by atomic mass is 16.1.